The lowest BCUT2D eigenvalue weighted by atomic mass is 9.83. The minimum absolute atomic E-state index is 0.0295. The Morgan fingerprint density at radius 1 is 1.04 bits per heavy atom. The SMILES string of the molecule is CC(C)(C)c1ccc(OCC(=O)NN=C2CCC(c3ccccc3)CC2)cc1. The third-order valence-corrected chi connectivity index (χ3v) is 5.26. The summed E-state index contributed by atoms with van der Waals surface area (Å²) in [7, 11) is 0. The highest BCUT2D eigenvalue weighted by Crippen LogP contribution is 2.31. The van der Waals surface area contributed by atoms with Crippen LogP contribution in [0.5, 0.6) is 5.75 Å². The van der Waals surface area contributed by atoms with Crippen molar-refractivity contribution in [3.8, 4) is 5.75 Å². The van der Waals surface area contributed by atoms with Crippen LogP contribution >= 0.6 is 0 Å². The maximum atomic E-state index is 12.0. The lowest BCUT2D eigenvalue weighted by Gasteiger charge is -2.23. The van der Waals surface area contributed by atoms with E-state index in [0.29, 0.717) is 11.7 Å². The number of carbonyl (C=O) groups excluding carboxylic acids is 1. The quantitative estimate of drug-likeness (QED) is 0.728. The van der Waals surface area contributed by atoms with Gasteiger partial charge in [-0.2, -0.15) is 5.10 Å². The minimum atomic E-state index is -0.224. The molecule has 1 saturated carbocycles. The Morgan fingerprint density at radius 3 is 2.29 bits per heavy atom. The van der Waals surface area contributed by atoms with Crippen LogP contribution < -0.4 is 10.2 Å². The summed E-state index contributed by atoms with van der Waals surface area (Å²) in [6.07, 6.45) is 4.01. The summed E-state index contributed by atoms with van der Waals surface area (Å²) < 4.78 is 5.57. The molecule has 1 fully saturated rings. The van der Waals surface area contributed by atoms with Crippen molar-refractivity contribution in [1.82, 2.24) is 5.43 Å². The van der Waals surface area contributed by atoms with Gasteiger partial charge in [0.1, 0.15) is 5.75 Å². The fourth-order valence-electron chi connectivity index (χ4n) is 3.50. The molecule has 0 radical (unpaired) electrons. The molecule has 0 aromatic heterocycles. The number of hydrogen-bond donors (Lipinski definition) is 1. The van der Waals surface area contributed by atoms with Crippen molar-refractivity contribution < 1.29 is 9.53 Å². The van der Waals surface area contributed by atoms with Crippen molar-refractivity contribution in [2.45, 2.75) is 57.8 Å². The predicted molar refractivity (Wildman–Crippen MR) is 114 cm³/mol. The fourth-order valence-corrected chi connectivity index (χ4v) is 3.50. The molecule has 28 heavy (non-hydrogen) atoms. The number of nitrogens with zero attached hydrogens (tertiary/aromatic N) is 1. The molecule has 1 N–H and O–H groups in total. The van der Waals surface area contributed by atoms with Crippen molar-refractivity contribution in [2.24, 2.45) is 5.10 Å². The van der Waals surface area contributed by atoms with E-state index in [1.165, 1.54) is 11.1 Å². The molecule has 0 heterocycles. The van der Waals surface area contributed by atoms with Gasteiger partial charge in [0.15, 0.2) is 6.61 Å². The Bertz CT molecular complexity index is 795. The van der Waals surface area contributed by atoms with Gasteiger partial charge in [-0.05, 0) is 60.3 Å². The van der Waals surface area contributed by atoms with Crippen molar-refractivity contribution >= 4 is 11.6 Å². The first-order valence-corrected chi connectivity index (χ1v) is 10.0. The third-order valence-electron chi connectivity index (χ3n) is 5.26. The van der Waals surface area contributed by atoms with Crippen LogP contribution in [-0.4, -0.2) is 18.2 Å². The number of amides is 1. The number of benzene rings is 2. The molecule has 1 aliphatic rings. The van der Waals surface area contributed by atoms with Crippen LogP contribution in [0.2, 0.25) is 0 Å². The molecule has 1 amide bonds. The maximum Gasteiger partial charge on any atom is 0.277 e. The van der Waals surface area contributed by atoms with Crippen molar-refractivity contribution in [1.29, 1.82) is 0 Å². The molecule has 2 aromatic rings. The summed E-state index contributed by atoms with van der Waals surface area (Å²) in [6, 6.07) is 18.5. The van der Waals surface area contributed by atoms with Gasteiger partial charge in [0.2, 0.25) is 0 Å². The highest BCUT2D eigenvalue weighted by Gasteiger charge is 2.19. The molecule has 0 bridgehead atoms. The molecular weight excluding hydrogens is 348 g/mol. The van der Waals surface area contributed by atoms with Gasteiger partial charge in [-0.1, -0.05) is 63.2 Å². The van der Waals surface area contributed by atoms with E-state index < -0.39 is 0 Å². The second kappa shape index (κ2) is 9.05. The monoisotopic (exact) mass is 378 g/mol. The zero-order chi connectivity index (χ0) is 20.0. The average Bonchev–Trinajstić information content (AvgIpc) is 2.71. The Morgan fingerprint density at radius 2 is 1.68 bits per heavy atom. The van der Waals surface area contributed by atoms with Gasteiger partial charge >= 0.3 is 0 Å². The number of hydrazone groups is 1. The Kier molecular flexibility index (Phi) is 6.50. The normalized spacial score (nSPS) is 17.1. The van der Waals surface area contributed by atoms with Crippen LogP contribution in [0.4, 0.5) is 0 Å². The first kappa shape index (κ1) is 20.1. The second-order valence-corrected chi connectivity index (χ2v) is 8.46. The van der Waals surface area contributed by atoms with E-state index in [-0.39, 0.29) is 17.9 Å². The van der Waals surface area contributed by atoms with Crippen LogP contribution in [0.1, 0.15) is 63.5 Å². The van der Waals surface area contributed by atoms with Crippen LogP contribution in [0.25, 0.3) is 0 Å². The number of nitrogens with one attached hydrogen (secondary N) is 1. The van der Waals surface area contributed by atoms with Crippen molar-refractivity contribution in [3.05, 3.63) is 65.7 Å². The molecule has 0 saturated heterocycles. The van der Waals surface area contributed by atoms with E-state index in [9.17, 15) is 4.79 Å². The number of ether oxygens (including phenoxy) is 1. The Labute approximate surface area is 168 Å². The minimum Gasteiger partial charge on any atom is -0.484 e. The van der Waals surface area contributed by atoms with Crippen molar-refractivity contribution in [3.63, 3.8) is 0 Å². The Balaban J connectivity index is 1.42. The molecule has 4 nitrogen and oxygen atoms in total. The average molecular weight is 379 g/mol. The summed E-state index contributed by atoms with van der Waals surface area (Å²) in [5, 5.41) is 4.31. The fraction of sp³-hybridized carbons (Fsp3) is 0.417. The number of hydrogen-bond acceptors (Lipinski definition) is 3. The molecule has 3 rings (SSSR count). The maximum absolute atomic E-state index is 12.0. The number of carbonyl (C=O) groups is 1. The van der Waals surface area contributed by atoms with Crippen LogP contribution in [0.15, 0.2) is 59.7 Å². The van der Waals surface area contributed by atoms with E-state index in [4.69, 9.17) is 4.74 Å². The molecule has 1 aliphatic carbocycles. The van der Waals surface area contributed by atoms with Crippen LogP contribution in [-0.2, 0) is 10.2 Å². The topological polar surface area (TPSA) is 50.7 Å². The first-order chi connectivity index (χ1) is 13.4. The molecule has 148 valence electrons. The van der Waals surface area contributed by atoms with Gasteiger partial charge in [-0.25, -0.2) is 5.43 Å². The first-order valence-electron chi connectivity index (χ1n) is 10.0. The summed E-state index contributed by atoms with van der Waals surface area (Å²) in [5.74, 6) is 1.06. The summed E-state index contributed by atoms with van der Waals surface area (Å²) in [4.78, 5) is 12.0. The molecular formula is C24H30N2O2. The third kappa shape index (κ3) is 5.69. The van der Waals surface area contributed by atoms with Gasteiger partial charge < -0.3 is 4.74 Å². The van der Waals surface area contributed by atoms with E-state index in [0.717, 1.165) is 31.4 Å². The molecule has 0 aliphatic heterocycles. The van der Waals surface area contributed by atoms with E-state index in [1.54, 1.807) is 0 Å². The van der Waals surface area contributed by atoms with Gasteiger partial charge in [0.05, 0.1) is 0 Å². The lowest BCUT2D eigenvalue weighted by molar-refractivity contribution is -0.123. The van der Waals surface area contributed by atoms with Gasteiger partial charge in [0, 0.05) is 5.71 Å². The highest BCUT2D eigenvalue weighted by atomic mass is 16.5. The smallest absolute Gasteiger partial charge is 0.277 e. The predicted octanol–water partition coefficient (Wildman–Crippen LogP) is 5.19. The summed E-state index contributed by atoms with van der Waals surface area (Å²) in [6.45, 7) is 6.48. The highest BCUT2D eigenvalue weighted by molar-refractivity contribution is 5.87. The summed E-state index contributed by atoms with van der Waals surface area (Å²) >= 11 is 0. The van der Waals surface area contributed by atoms with Crippen LogP contribution in [0.3, 0.4) is 0 Å². The van der Waals surface area contributed by atoms with Crippen molar-refractivity contribution in [2.75, 3.05) is 6.61 Å². The number of rotatable bonds is 5. The molecule has 0 spiro atoms. The second-order valence-electron chi connectivity index (χ2n) is 8.46. The van der Waals surface area contributed by atoms with E-state index in [2.05, 4.69) is 61.6 Å². The zero-order valence-corrected chi connectivity index (χ0v) is 17.1. The lowest BCUT2D eigenvalue weighted by Crippen LogP contribution is -2.26. The van der Waals surface area contributed by atoms with E-state index in [1.807, 2.05) is 24.3 Å². The van der Waals surface area contributed by atoms with Gasteiger partial charge in [-0.15, -0.1) is 0 Å². The van der Waals surface area contributed by atoms with E-state index >= 15 is 0 Å². The molecule has 0 atom stereocenters. The molecule has 0 unspecified atom stereocenters. The van der Waals surface area contributed by atoms with Crippen LogP contribution in [0, 0.1) is 0 Å². The Hall–Kier alpha value is -2.62. The zero-order valence-electron chi connectivity index (χ0n) is 17.1. The molecule has 4 heteroatoms. The largest absolute Gasteiger partial charge is 0.484 e. The summed E-state index contributed by atoms with van der Waals surface area (Å²) in [5.41, 5.74) is 6.44. The van der Waals surface area contributed by atoms with Gasteiger partial charge in [0.25, 0.3) is 5.91 Å². The van der Waals surface area contributed by atoms with Gasteiger partial charge in [-0.3, -0.25) is 4.79 Å². The standard InChI is InChI=1S/C24H30N2O2/c1-24(2,3)20-11-15-22(16-12-20)28-17-23(27)26-25-21-13-9-19(10-14-21)18-7-5-4-6-8-18/h4-8,11-12,15-16,19H,9-10,13-14,17H2,1-3H3,(H,26,27). The molecule has 2 aromatic carbocycles.